The van der Waals surface area contributed by atoms with Crippen LogP contribution in [0.1, 0.15) is 64.2 Å². The molecule has 1 N–H and O–H groups in total. The summed E-state index contributed by atoms with van der Waals surface area (Å²) in [6.45, 7) is 7.35. The molecule has 2 atom stereocenters. The van der Waals surface area contributed by atoms with E-state index in [0.717, 1.165) is 71.0 Å². The molecule has 0 amide bonds. The van der Waals surface area contributed by atoms with Crippen LogP contribution in [-0.4, -0.2) is 41.3 Å². The van der Waals surface area contributed by atoms with Crippen molar-refractivity contribution in [1.82, 2.24) is 9.96 Å². The second-order valence-corrected chi connectivity index (χ2v) is 8.46. The van der Waals surface area contributed by atoms with E-state index in [1.807, 2.05) is 6.08 Å². The quantitative estimate of drug-likeness (QED) is 0.599. The van der Waals surface area contributed by atoms with Gasteiger partial charge in [-0.05, 0) is 68.4 Å². The minimum Gasteiger partial charge on any atom is -0.377 e. The molecule has 2 heterocycles. The number of nitriles is 2. The van der Waals surface area contributed by atoms with Gasteiger partial charge in [-0.2, -0.15) is 15.6 Å². The third-order valence-corrected chi connectivity index (χ3v) is 6.31. The van der Waals surface area contributed by atoms with E-state index in [1.54, 1.807) is 0 Å². The number of nitrogens with zero attached hydrogens (tertiary/aromatic N) is 4. The number of rotatable bonds is 9. The van der Waals surface area contributed by atoms with E-state index >= 15 is 0 Å². The lowest BCUT2D eigenvalue weighted by molar-refractivity contribution is -0.140. The Balaban J connectivity index is 1.99. The topological polar surface area (TPSA) is 74.3 Å². The van der Waals surface area contributed by atoms with Crippen LogP contribution in [0.4, 0.5) is 0 Å². The molecule has 0 aliphatic carbocycles. The van der Waals surface area contributed by atoms with Crippen LogP contribution in [0, 0.1) is 33.5 Å². The Morgan fingerprint density at radius 1 is 0.963 bits per heavy atom. The molecule has 5 heteroatoms. The molecule has 0 bridgehead atoms. The highest BCUT2D eigenvalue weighted by molar-refractivity contribution is 5.00. The number of hydrogen-bond acceptors (Lipinski definition) is 5. The summed E-state index contributed by atoms with van der Waals surface area (Å²) < 4.78 is 0. The summed E-state index contributed by atoms with van der Waals surface area (Å²) in [6.07, 6.45) is 15.6. The first-order valence-corrected chi connectivity index (χ1v) is 10.3. The van der Waals surface area contributed by atoms with E-state index in [-0.39, 0.29) is 10.8 Å². The first-order valence-electron chi connectivity index (χ1n) is 10.3. The molecule has 0 unspecified atom stereocenters. The SMILES string of the molecule is C=CC[C@]1(CCC#N)CCCN(/C=C/C[C@]2(CCC#N)CCCN(O)C2)C1. The molecule has 5 nitrogen and oxygen atoms in total. The summed E-state index contributed by atoms with van der Waals surface area (Å²) in [5.41, 5.74) is 0.180. The number of hydrogen-bond donors (Lipinski definition) is 1. The van der Waals surface area contributed by atoms with Crippen LogP contribution in [0.15, 0.2) is 24.9 Å². The Morgan fingerprint density at radius 2 is 1.59 bits per heavy atom. The Morgan fingerprint density at radius 3 is 2.19 bits per heavy atom. The van der Waals surface area contributed by atoms with Crippen LogP contribution in [0.3, 0.4) is 0 Å². The molecule has 0 aromatic rings. The van der Waals surface area contributed by atoms with Gasteiger partial charge in [-0.3, -0.25) is 0 Å². The van der Waals surface area contributed by atoms with Gasteiger partial charge >= 0.3 is 0 Å². The second-order valence-electron chi connectivity index (χ2n) is 8.46. The monoisotopic (exact) mass is 370 g/mol. The molecule has 2 aliphatic heterocycles. The van der Waals surface area contributed by atoms with Crippen molar-refractivity contribution in [2.75, 3.05) is 26.2 Å². The molecule has 2 rings (SSSR count). The lowest BCUT2D eigenvalue weighted by atomic mass is 9.73. The maximum absolute atomic E-state index is 9.98. The van der Waals surface area contributed by atoms with Crippen molar-refractivity contribution in [3.8, 4) is 12.1 Å². The molecule has 27 heavy (non-hydrogen) atoms. The Labute approximate surface area is 164 Å². The zero-order chi connectivity index (χ0) is 19.6. The average Bonchev–Trinajstić information content (AvgIpc) is 2.65. The van der Waals surface area contributed by atoms with Gasteiger partial charge in [0.25, 0.3) is 0 Å². The summed E-state index contributed by atoms with van der Waals surface area (Å²) >= 11 is 0. The van der Waals surface area contributed by atoms with Gasteiger partial charge in [0.2, 0.25) is 0 Å². The van der Waals surface area contributed by atoms with Crippen molar-refractivity contribution in [1.29, 1.82) is 10.5 Å². The fourth-order valence-corrected chi connectivity index (χ4v) is 4.90. The largest absolute Gasteiger partial charge is 0.377 e. The zero-order valence-electron chi connectivity index (χ0n) is 16.6. The number of likely N-dealkylation sites (tertiary alicyclic amines) is 1. The average molecular weight is 371 g/mol. The predicted octanol–water partition coefficient (Wildman–Crippen LogP) is 4.63. The van der Waals surface area contributed by atoms with Crippen molar-refractivity contribution < 1.29 is 5.21 Å². The zero-order valence-corrected chi connectivity index (χ0v) is 16.6. The maximum Gasteiger partial charge on any atom is 0.0621 e. The minimum atomic E-state index is 0.00797. The van der Waals surface area contributed by atoms with Gasteiger partial charge in [0, 0.05) is 39.0 Å². The van der Waals surface area contributed by atoms with E-state index in [1.165, 1.54) is 5.06 Å². The number of piperidine rings is 2. The molecule has 0 radical (unpaired) electrons. The number of allylic oxidation sites excluding steroid dienone is 2. The lowest BCUT2D eigenvalue weighted by Gasteiger charge is -2.42. The molecule has 2 aliphatic rings. The number of hydroxylamine groups is 2. The van der Waals surface area contributed by atoms with Gasteiger partial charge in [0.15, 0.2) is 0 Å². The van der Waals surface area contributed by atoms with Crippen molar-refractivity contribution in [3.63, 3.8) is 0 Å². The molecule has 2 fully saturated rings. The van der Waals surface area contributed by atoms with Gasteiger partial charge in [-0.25, -0.2) is 0 Å². The second kappa shape index (κ2) is 10.5. The van der Waals surface area contributed by atoms with Crippen LogP contribution in [0.2, 0.25) is 0 Å². The van der Waals surface area contributed by atoms with Gasteiger partial charge in [-0.1, -0.05) is 12.2 Å². The van der Waals surface area contributed by atoms with Crippen LogP contribution in [-0.2, 0) is 0 Å². The minimum absolute atomic E-state index is 0.00797. The summed E-state index contributed by atoms with van der Waals surface area (Å²) in [6, 6.07) is 4.57. The van der Waals surface area contributed by atoms with Crippen molar-refractivity contribution in [3.05, 3.63) is 24.9 Å². The van der Waals surface area contributed by atoms with Gasteiger partial charge < -0.3 is 10.1 Å². The highest BCUT2D eigenvalue weighted by atomic mass is 16.5. The Bertz CT molecular complexity index is 590. The van der Waals surface area contributed by atoms with Gasteiger partial charge in [-0.15, -0.1) is 6.58 Å². The standard InChI is InChI=1S/C22H34N4O/c1-2-8-21(9-3-14-23)11-5-16-25(19-21)17-6-12-22(10-4-15-24)13-7-18-26(27)20-22/h2,6,17,27H,1,3-5,7-13,16,18-20H2/b17-6+/t21-,22+/m0/s1. The van der Waals surface area contributed by atoms with Gasteiger partial charge in [0.1, 0.15) is 0 Å². The Kier molecular flexibility index (Phi) is 8.35. The van der Waals surface area contributed by atoms with E-state index in [9.17, 15) is 5.21 Å². The molecule has 0 aromatic carbocycles. The van der Waals surface area contributed by atoms with Crippen LogP contribution >= 0.6 is 0 Å². The molecular formula is C22H34N4O. The van der Waals surface area contributed by atoms with Crippen molar-refractivity contribution in [2.24, 2.45) is 10.8 Å². The van der Waals surface area contributed by atoms with E-state index in [4.69, 9.17) is 10.5 Å². The van der Waals surface area contributed by atoms with Crippen molar-refractivity contribution in [2.45, 2.75) is 64.2 Å². The lowest BCUT2D eigenvalue weighted by Crippen LogP contribution is -2.42. The Hall–Kier alpha value is -1.82. The molecular weight excluding hydrogens is 336 g/mol. The molecule has 2 saturated heterocycles. The smallest absolute Gasteiger partial charge is 0.0621 e. The molecule has 0 saturated carbocycles. The summed E-state index contributed by atoms with van der Waals surface area (Å²) in [4.78, 5) is 2.39. The molecule has 0 aromatic heterocycles. The fraction of sp³-hybridized carbons (Fsp3) is 0.727. The van der Waals surface area contributed by atoms with Crippen LogP contribution < -0.4 is 0 Å². The predicted molar refractivity (Wildman–Crippen MR) is 107 cm³/mol. The first-order chi connectivity index (χ1) is 13.1. The van der Waals surface area contributed by atoms with Crippen LogP contribution in [0.25, 0.3) is 0 Å². The normalized spacial score (nSPS) is 29.4. The van der Waals surface area contributed by atoms with Crippen molar-refractivity contribution >= 4 is 0 Å². The fourth-order valence-electron chi connectivity index (χ4n) is 4.90. The van der Waals surface area contributed by atoms with Crippen LogP contribution in [0.5, 0.6) is 0 Å². The molecule has 0 spiro atoms. The molecule has 148 valence electrons. The first kappa shape index (κ1) is 21.5. The summed E-state index contributed by atoms with van der Waals surface area (Å²) in [5.74, 6) is 0. The maximum atomic E-state index is 9.98. The third kappa shape index (κ3) is 6.38. The summed E-state index contributed by atoms with van der Waals surface area (Å²) in [5, 5.41) is 29.4. The highest BCUT2D eigenvalue weighted by Crippen LogP contribution is 2.40. The van der Waals surface area contributed by atoms with E-state index < -0.39 is 0 Å². The third-order valence-electron chi connectivity index (χ3n) is 6.31. The van der Waals surface area contributed by atoms with E-state index in [2.05, 4.69) is 35.9 Å². The summed E-state index contributed by atoms with van der Waals surface area (Å²) in [7, 11) is 0. The van der Waals surface area contributed by atoms with Gasteiger partial charge in [0.05, 0.1) is 12.1 Å². The highest BCUT2D eigenvalue weighted by Gasteiger charge is 2.35. The van der Waals surface area contributed by atoms with E-state index in [0.29, 0.717) is 19.4 Å².